The molecule has 6 heteroatoms. The van der Waals surface area contributed by atoms with E-state index in [9.17, 15) is 5.11 Å². The molecule has 0 saturated carbocycles. The molecule has 0 amide bonds. The number of hydrogen-bond acceptors (Lipinski definition) is 5. The first kappa shape index (κ1) is 22.7. The maximum absolute atomic E-state index is 15.3. The van der Waals surface area contributed by atoms with Gasteiger partial charge in [0.05, 0.1) is 13.7 Å². The van der Waals surface area contributed by atoms with Gasteiger partial charge in [0.15, 0.2) is 0 Å². The maximum Gasteiger partial charge on any atom is 0.131 e. The summed E-state index contributed by atoms with van der Waals surface area (Å²) in [6, 6.07) is 10.6. The first-order valence-electron chi connectivity index (χ1n) is 10.5. The Balaban J connectivity index is 2.16. The molecule has 164 valence electrons. The number of aliphatic hydroxyl groups is 1. The number of nitrogens with one attached hydrogen (secondary N) is 1. The zero-order valence-corrected chi connectivity index (χ0v) is 18.0. The number of methoxy groups -OCH3 is 2. The van der Waals surface area contributed by atoms with Gasteiger partial charge in [0.2, 0.25) is 0 Å². The molecule has 1 saturated heterocycles. The van der Waals surface area contributed by atoms with Gasteiger partial charge in [0, 0.05) is 37.9 Å². The van der Waals surface area contributed by atoms with Crippen LogP contribution in [0, 0.1) is 12.7 Å². The van der Waals surface area contributed by atoms with Gasteiger partial charge in [0.25, 0.3) is 0 Å². The zero-order chi connectivity index (χ0) is 21.6. The molecule has 1 unspecified atom stereocenters. The Labute approximate surface area is 178 Å². The molecule has 0 aliphatic carbocycles. The van der Waals surface area contributed by atoms with E-state index < -0.39 is 17.5 Å². The Morgan fingerprint density at radius 2 is 2.07 bits per heavy atom. The lowest BCUT2D eigenvalue weighted by molar-refractivity contribution is -0.130. The van der Waals surface area contributed by atoms with Crippen molar-refractivity contribution in [3.05, 3.63) is 53.3 Å². The van der Waals surface area contributed by atoms with Gasteiger partial charge in [-0.25, -0.2) is 4.39 Å². The Bertz CT molecular complexity index is 838. The summed E-state index contributed by atoms with van der Waals surface area (Å²) in [6.45, 7) is 4.26. The molecule has 0 radical (unpaired) electrons. The summed E-state index contributed by atoms with van der Waals surface area (Å²) in [4.78, 5) is 0. The quantitative estimate of drug-likeness (QED) is 0.608. The van der Waals surface area contributed by atoms with Crippen LogP contribution in [0.2, 0.25) is 0 Å². The predicted molar refractivity (Wildman–Crippen MR) is 115 cm³/mol. The van der Waals surface area contributed by atoms with Gasteiger partial charge in [-0.05, 0) is 43.9 Å². The fourth-order valence-electron chi connectivity index (χ4n) is 4.20. The zero-order valence-electron chi connectivity index (χ0n) is 18.0. The van der Waals surface area contributed by atoms with Crippen molar-refractivity contribution < 1.29 is 23.7 Å². The highest BCUT2D eigenvalue weighted by atomic mass is 19.1. The molecule has 1 aliphatic rings. The number of benzene rings is 2. The van der Waals surface area contributed by atoms with Gasteiger partial charge < -0.3 is 24.6 Å². The third kappa shape index (κ3) is 4.83. The summed E-state index contributed by atoms with van der Waals surface area (Å²) in [7, 11) is 3.20. The molecule has 1 fully saturated rings. The van der Waals surface area contributed by atoms with E-state index in [0.29, 0.717) is 55.0 Å². The molecule has 3 rings (SSSR count). The summed E-state index contributed by atoms with van der Waals surface area (Å²) in [5.74, 6) is 0.0619. The monoisotopic (exact) mass is 417 g/mol. The Kier molecular flexibility index (Phi) is 7.83. The standard InChI is InChI=1S/C24H32FNO4/c1-17-7-6-8-18(15-17)22-19(25)9-10-20(29-3)23(22)24(27,11-4-5-13-28-2)21-16-26-12-14-30-21/h6-10,15,21,26-27H,4-5,11-14,16H2,1-3H3/t21?,24-/m0/s1. The number of halogens is 1. The van der Waals surface area contributed by atoms with Gasteiger partial charge in [-0.1, -0.05) is 29.8 Å². The van der Waals surface area contributed by atoms with E-state index in [1.807, 2.05) is 31.2 Å². The van der Waals surface area contributed by atoms with Gasteiger partial charge in [-0.2, -0.15) is 0 Å². The van der Waals surface area contributed by atoms with E-state index >= 15 is 4.39 Å². The van der Waals surface area contributed by atoms with Crippen molar-refractivity contribution >= 4 is 0 Å². The second kappa shape index (κ2) is 10.4. The Morgan fingerprint density at radius 3 is 2.73 bits per heavy atom. The second-order valence-corrected chi connectivity index (χ2v) is 7.81. The van der Waals surface area contributed by atoms with Crippen LogP contribution in [0.5, 0.6) is 5.75 Å². The highest BCUT2D eigenvalue weighted by Crippen LogP contribution is 2.45. The lowest BCUT2D eigenvalue weighted by atomic mass is 9.78. The largest absolute Gasteiger partial charge is 0.496 e. The minimum atomic E-state index is -1.42. The fourth-order valence-corrected chi connectivity index (χ4v) is 4.20. The third-order valence-electron chi connectivity index (χ3n) is 5.69. The van der Waals surface area contributed by atoms with E-state index in [-0.39, 0.29) is 0 Å². The molecule has 0 aromatic heterocycles. The van der Waals surface area contributed by atoms with E-state index in [1.54, 1.807) is 20.3 Å². The summed E-state index contributed by atoms with van der Waals surface area (Å²) in [5.41, 5.74) is 1.11. The van der Waals surface area contributed by atoms with Gasteiger partial charge in [-0.15, -0.1) is 0 Å². The van der Waals surface area contributed by atoms with Gasteiger partial charge in [0.1, 0.15) is 23.3 Å². The van der Waals surface area contributed by atoms with Crippen LogP contribution >= 0.6 is 0 Å². The highest BCUT2D eigenvalue weighted by molar-refractivity contribution is 5.73. The number of ether oxygens (including phenoxy) is 3. The summed E-state index contributed by atoms with van der Waals surface area (Å²) in [5, 5.41) is 15.4. The molecule has 2 aromatic carbocycles. The highest BCUT2D eigenvalue weighted by Gasteiger charge is 2.44. The van der Waals surface area contributed by atoms with Gasteiger partial charge >= 0.3 is 0 Å². The van der Waals surface area contributed by atoms with Crippen molar-refractivity contribution in [2.24, 2.45) is 0 Å². The minimum Gasteiger partial charge on any atom is -0.496 e. The molecule has 2 aromatic rings. The SMILES string of the molecule is COCCCC[C@@](O)(c1c(OC)ccc(F)c1-c1cccc(C)c1)C1CNCCO1. The summed E-state index contributed by atoms with van der Waals surface area (Å²) in [6.07, 6.45) is 1.38. The van der Waals surface area contributed by atoms with Crippen molar-refractivity contribution in [1.29, 1.82) is 0 Å². The molecule has 2 N–H and O–H groups in total. The van der Waals surface area contributed by atoms with Crippen molar-refractivity contribution in [3.8, 4) is 16.9 Å². The first-order chi connectivity index (χ1) is 14.5. The van der Waals surface area contributed by atoms with Crippen LogP contribution in [0.3, 0.4) is 0 Å². The van der Waals surface area contributed by atoms with Crippen molar-refractivity contribution in [1.82, 2.24) is 5.32 Å². The molecule has 2 atom stereocenters. The topological polar surface area (TPSA) is 60.0 Å². The Morgan fingerprint density at radius 1 is 1.23 bits per heavy atom. The molecule has 30 heavy (non-hydrogen) atoms. The number of aryl methyl sites for hydroxylation is 1. The van der Waals surface area contributed by atoms with Crippen LogP contribution in [-0.2, 0) is 15.1 Å². The summed E-state index contributed by atoms with van der Waals surface area (Å²) >= 11 is 0. The molecule has 5 nitrogen and oxygen atoms in total. The van der Waals surface area contributed by atoms with Crippen LogP contribution in [0.15, 0.2) is 36.4 Å². The lowest BCUT2D eigenvalue weighted by Gasteiger charge is -2.40. The van der Waals surface area contributed by atoms with Crippen LogP contribution in [0.25, 0.3) is 11.1 Å². The third-order valence-corrected chi connectivity index (χ3v) is 5.69. The smallest absolute Gasteiger partial charge is 0.131 e. The maximum atomic E-state index is 15.3. The number of rotatable bonds is 9. The van der Waals surface area contributed by atoms with Crippen LogP contribution < -0.4 is 10.1 Å². The predicted octanol–water partition coefficient (Wildman–Crippen LogP) is 3.80. The van der Waals surface area contributed by atoms with E-state index in [0.717, 1.165) is 18.5 Å². The summed E-state index contributed by atoms with van der Waals surface area (Å²) < 4.78 is 32.1. The van der Waals surface area contributed by atoms with E-state index in [1.165, 1.54) is 6.07 Å². The van der Waals surface area contributed by atoms with Crippen molar-refractivity contribution in [2.45, 2.75) is 37.9 Å². The van der Waals surface area contributed by atoms with Gasteiger partial charge in [-0.3, -0.25) is 0 Å². The molecule has 0 spiro atoms. The Hall–Kier alpha value is -1.99. The number of hydrogen-bond donors (Lipinski definition) is 2. The molecule has 1 heterocycles. The van der Waals surface area contributed by atoms with Crippen molar-refractivity contribution in [3.63, 3.8) is 0 Å². The molecular formula is C24H32FNO4. The normalized spacial score (nSPS) is 18.8. The molecular weight excluding hydrogens is 385 g/mol. The van der Waals surface area contributed by atoms with Crippen LogP contribution in [-0.4, -0.2) is 51.7 Å². The molecule has 1 aliphatic heterocycles. The van der Waals surface area contributed by atoms with E-state index in [4.69, 9.17) is 14.2 Å². The van der Waals surface area contributed by atoms with Crippen molar-refractivity contribution in [2.75, 3.05) is 40.5 Å². The average Bonchev–Trinajstić information content (AvgIpc) is 2.77. The fraction of sp³-hybridized carbons (Fsp3) is 0.500. The first-order valence-corrected chi connectivity index (χ1v) is 10.5. The van der Waals surface area contributed by atoms with Crippen LogP contribution in [0.4, 0.5) is 4.39 Å². The minimum absolute atomic E-state index is 0.362. The molecule has 0 bridgehead atoms. The lowest BCUT2D eigenvalue weighted by Crippen LogP contribution is -2.52. The number of morpholine rings is 1. The van der Waals surface area contributed by atoms with E-state index in [2.05, 4.69) is 5.32 Å². The van der Waals surface area contributed by atoms with Crippen LogP contribution in [0.1, 0.15) is 30.4 Å². The second-order valence-electron chi connectivity index (χ2n) is 7.81. The number of unbranched alkanes of at least 4 members (excludes halogenated alkanes) is 1. The average molecular weight is 418 g/mol.